The van der Waals surface area contributed by atoms with Crippen molar-refractivity contribution >= 4 is 23.2 Å². The van der Waals surface area contributed by atoms with Crippen LogP contribution in [-0.2, 0) is 11.3 Å². The molecule has 0 spiro atoms. The minimum absolute atomic E-state index is 0.147. The van der Waals surface area contributed by atoms with Gasteiger partial charge in [0.25, 0.3) is 0 Å². The highest BCUT2D eigenvalue weighted by atomic mass is 35.5. The molecule has 25 heavy (non-hydrogen) atoms. The molecule has 4 nitrogen and oxygen atoms in total. The van der Waals surface area contributed by atoms with E-state index >= 15 is 0 Å². The molecule has 0 unspecified atom stereocenters. The highest BCUT2D eigenvalue weighted by molar-refractivity contribution is 6.30. The Balaban J connectivity index is 2.05. The van der Waals surface area contributed by atoms with Crippen LogP contribution in [0.25, 0.3) is 0 Å². The van der Waals surface area contributed by atoms with Gasteiger partial charge in [0.1, 0.15) is 5.82 Å². The zero-order valence-corrected chi connectivity index (χ0v) is 14.7. The average Bonchev–Trinajstić information content (AvgIpc) is 2.56. The van der Waals surface area contributed by atoms with E-state index in [1.54, 1.807) is 18.2 Å². The summed E-state index contributed by atoms with van der Waals surface area (Å²) < 4.78 is 13.1. The Hall–Kier alpha value is -2.42. The van der Waals surface area contributed by atoms with E-state index in [1.165, 1.54) is 17.0 Å². The fraction of sp³-hybridized carbons (Fsp3) is 0.263. The first-order valence-electron chi connectivity index (χ1n) is 7.85. The van der Waals surface area contributed by atoms with Gasteiger partial charge in [-0.15, -0.1) is 0 Å². The Morgan fingerprint density at radius 2 is 1.96 bits per heavy atom. The molecule has 0 fully saturated rings. The summed E-state index contributed by atoms with van der Waals surface area (Å²) in [5.74, 6) is -0.513. The second-order valence-corrected chi connectivity index (χ2v) is 6.17. The molecular formula is C19H19ClFN3O. The molecule has 0 saturated heterocycles. The predicted molar refractivity (Wildman–Crippen MR) is 96.8 cm³/mol. The zero-order valence-electron chi connectivity index (χ0n) is 14.0. The maximum absolute atomic E-state index is 13.1. The molecular weight excluding hydrogens is 341 g/mol. The lowest BCUT2D eigenvalue weighted by Crippen LogP contribution is -2.39. The van der Waals surface area contributed by atoms with Crippen molar-refractivity contribution in [3.63, 3.8) is 0 Å². The summed E-state index contributed by atoms with van der Waals surface area (Å²) in [5.41, 5.74) is 1.59. The Kier molecular flexibility index (Phi) is 6.93. The van der Waals surface area contributed by atoms with Crippen LogP contribution in [0.4, 0.5) is 10.1 Å². The molecule has 2 aromatic carbocycles. The van der Waals surface area contributed by atoms with Gasteiger partial charge in [-0.05, 0) is 49.0 Å². The second kappa shape index (κ2) is 9.16. The predicted octanol–water partition coefficient (Wildman–Crippen LogP) is 3.86. The summed E-state index contributed by atoms with van der Waals surface area (Å²) in [6.07, 6.45) is 0.209. The van der Waals surface area contributed by atoms with Crippen molar-refractivity contribution in [1.29, 1.82) is 5.26 Å². The molecule has 0 heterocycles. The van der Waals surface area contributed by atoms with Gasteiger partial charge in [-0.3, -0.25) is 9.69 Å². The minimum atomic E-state index is -0.366. The van der Waals surface area contributed by atoms with Crippen LogP contribution in [0.15, 0.2) is 48.5 Å². The molecule has 0 saturated carbocycles. The molecule has 1 amide bonds. The molecule has 0 radical (unpaired) electrons. The number of carbonyl (C=O) groups is 1. The average molecular weight is 360 g/mol. The van der Waals surface area contributed by atoms with Gasteiger partial charge in [-0.1, -0.05) is 23.7 Å². The minimum Gasteiger partial charge on any atom is -0.310 e. The van der Waals surface area contributed by atoms with Crippen molar-refractivity contribution in [2.45, 2.75) is 13.0 Å². The number of hydrogen-bond donors (Lipinski definition) is 0. The van der Waals surface area contributed by atoms with Crippen LogP contribution in [0.3, 0.4) is 0 Å². The van der Waals surface area contributed by atoms with Crippen molar-refractivity contribution in [3.8, 4) is 6.07 Å². The first-order valence-corrected chi connectivity index (χ1v) is 8.23. The van der Waals surface area contributed by atoms with Crippen LogP contribution < -0.4 is 4.90 Å². The molecule has 2 aromatic rings. The summed E-state index contributed by atoms with van der Waals surface area (Å²) in [5, 5.41) is 9.47. The molecule has 0 N–H and O–H groups in total. The van der Waals surface area contributed by atoms with Crippen LogP contribution in [0.2, 0.25) is 5.02 Å². The van der Waals surface area contributed by atoms with E-state index in [0.29, 0.717) is 17.3 Å². The molecule has 0 aliphatic rings. The topological polar surface area (TPSA) is 47.3 Å². The second-order valence-electron chi connectivity index (χ2n) is 5.73. The molecule has 0 aliphatic carbocycles. The third-order valence-electron chi connectivity index (χ3n) is 3.63. The fourth-order valence-corrected chi connectivity index (χ4v) is 2.71. The van der Waals surface area contributed by atoms with E-state index in [4.69, 9.17) is 16.9 Å². The zero-order chi connectivity index (χ0) is 18.2. The molecule has 0 aromatic heterocycles. The highest BCUT2D eigenvalue weighted by Crippen LogP contribution is 2.17. The van der Waals surface area contributed by atoms with Crippen LogP contribution in [0.5, 0.6) is 0 Å². The Bertz CT molecular complexity index is 758. The van der Waals surface area contributed by atoms with E-state index in [2.05, 4.69) is 0 Å². The number of halogens is 2. The number of nitriles is 1. The van der Waals surface area contributed by atoms with Gasteiger partial charge in [0.2, 0.25) is 5.91 Å². The van der Waals surface area contributed by atoms with E-state index in [0.717, 1.165) is 5.56 Å². The smallest absolute Gasteiger partial charge is 0.241 e. The van der Waals surface area contributed by atoms with Crippen LogP contribution in [-0.4, -0.2) is 30.9 Å². The molecule has 6 heteroatoms. The van der Waals surface area contributed by atoms with Crippen molar-refractivity contribution < 1.29 is 9.18 Å². The van der Waals surface area contributed by atoms with Gasteiger partial charge in [0.15, 0.2) is 0 Å². The molecule has 0 atom stereocenters. The van der Waals surface area contributed by atoms with Gasteiger partial charge in [0, 0.05) is 23.8 Å². The van der Waals surface area contributed by atoms with Crippen molar-refractivity contribution in [1.82, 2.24) is 4.90 Å². The van der Waals surface area contributed by atoms with Crippen molar-refractivity contribution in [3.05, 3.63) is 64.9 Å². The summed E-state index contributed by atoms with van der Waals surface area (Å²) in [6.45, 7) is 1.02. The Morgan fingerprint density at radius 3 is 2.60 bits per heavy atom. The SMILES string of the molecule is CN(CC(=O)N(CCC#N)c1ccc(F)cc1)Cc1cccc(Cl)c1. The van der Waals surface area contributed by atoms with Crippen LogP contribution in [0.1, 0.15) is 12.0 Å². The number of carbonyl (C=O) groups excluding carboxylic acids is 1. The first-order chi connectivity index (χ1) is 12.0. The fourth-order valence-electron chi connectivity index (χ4n) is 2.50. The third-order valence-corrected chi connectivity index (χ3v) is 3.87. The lowest BCUT2D eigenvalue weighted by Gasteiger charge is -2.25. The highest BCUT2D eigenvalue weighted by Gasteiger charge is 2.17. The van der Waals surface area contributed by atoms with Gasteiger partial charge in [-0.25, -0.2) is 4.39 Å². The van der Waals surface area contributed by atoms with E-state index in [1.807, 2.05) is 36.2 Å². The molecule has 0 aliphatic heterocycles. The lowest BCUT2D eigenvalue weighted by atomic mass is 10.2. The van der Waals surface area contributed by atoms with Gasteiger partial charge >= 0.3 is 0 Å². The van der Waals surface area contributed by atoms with Crippen LogP contribution in [0, 0.1) is 17.1 Å². The van der Waals surface area contributed by atoms with Crippen molar-refractivity contribution in [2.24, 2.45) is 0 Å². The number of hydrogen-bond acceptors (Lipinski definition) is 3. The third kappa shape index (κ3) is 5.86. The lowest BCUT2D eigenvalue weighted by molar-refractivity contribution is -0.119. The molecule has 0 bridgehead atoms. The molecule has 130 valence electrons. The maximum Gasteiger partial charge on any atom is 0.241 e. The van der Waals surface area contributed by atoms with E-state index in [-0.39, 0.29) is 31.2 Å². The number of nitrogens with zero attached hydrogens (tertiary/aromatic N) is 3. The largest absolute Gasteiger partial charge is 0.310 e. The monoisotopic (exact) mass is 359 g/mol. The number of rotatable bonds is 7. The van der Waals surface area contributed by atoms with Gasteiger partial charge < -0.3 is 4.90 Å². The summed E-state index contributed by atoms with van der Waals surface area (Å²) in [7, 11) is 1.84. The summed E-state index contributed by atoms with van der Waals surface area (Å²) in [6, 6.07) is 15.2. The van der Waals surface area contributed by atoms with E-state index < -0.39 is 0 Å². The number of anilines is 1. The number of likely N-dealkylation sites (N-methyl/N-ethyl adjacent to an activating group) is 1. The van der Waals surface area contributed by atoms with E-state index in [9.17, 15) is 9.18 Å². The van der Waals surface area contributed by atoms with Gasteiger partial charge in [0.05, 0.1) is 19.0 Å². The number of benzene rings is 2. The Labute approximate surface area is 152 Å². The normalized spacial score (nSPS) is 10.5. The number of amides is 1. The summed E-state index contributed by atoms with van der Waals surface area (Å²) in [4.78, 5) is 16.0. The van der Waals surface area contributed by atoms with Crippen molar-refractivity contribution in [2.75, 3.05) is 25.0 Å². The molecule has 2 rings (SSSR count). The standard InChI is InChI=1S/C19H19ClFN3O/c1-23(13-15-4-2-5-16(20)12-15)14-19(25)24(11-3-10-22)18-8-6-17(21)7-9-18/h2,4-9,12H,3,11,13-14H2,1H3. The van der Waals surface area contributed by atoms with Crippen LogP contribution >= 0.6 is 11.6 Å². The Morgan fingerprint density at radius 1 is 1.24 bits per heavy atom. The van der Waals surface area contributed by atoms with Gasteiger partial charge in [-0.2, -0.15) is 5.26 Å². The quantitative estimate of drug-likeness (QED) is 0.754. The summed E-state index contributed by atoms with van der Waals surface area (Å²) >= 11 is 5.98. The first kappa shape index (κ1) is 18.9. The maximum atomic E-state index is 13.1.